The summed E-state index contributed by atoms with van der Waals surface area (Å²) in [6.45, 7) is 3.72. The maximum Gasteiger partial charge on any atom is 0.313 e. The second-order valence-corrected chi connectivity index (χ2v) is 2.56. The van der Waals surface area contributed by atoms with Crippen molar-refractivity contribution < 1.29 is 9.53 Å². The van der Waals surface area contributed by atoms with E-state index >= 15 is 0 Å². The maximum absolute atomic E-state index is 10.8. The van der Waals surface area contributed by atoms with Crippen molar-refractivity contribution in [2.24, 2.45) is 0 Å². The molecule has 51 valence electrons. The van der Waals surface area contributed by atoms with Crippen molar-refractivity contribution in [2.75, 3.05) is 0 Å². The maximum atomic E-state index is 10.8. The summed E-state index contributed by atoms with van der Waals surface area (Å²) >= 11 is 0. The van der Waals surface area contributed by atoms with E-state index in [-0.39, 0.29) is 12.1 Å². The molecule has 0 N–H and O–H groups in total. The summed E-state index contributed by atoms with van der Waals surface area (Å²) in [6.07, 6.45) is 1.93. The van der Waals surface area contributed by atoms with Gasteiger partial charge in [-0.1, -0.05) is 0 Å². The van der Waals surface area contributed by atoms with Crippen molar-refractivity contribution >= 4 is 5.97 Å². The van der Waals surface area contributed by atoms with Gasteiger partial charge in [0.1, 0.15) is 0 Å². The van der Waals surface area contributed by atoms with E-state index in [4.69, 9.17) is 4.74 Å². The lowest BCUT2D eigenvalue weighted by Crippen LogP contribution is -2.11. The first kappa shape index (κ1) is 6.59. The third kappa shape index (κ3) is 2.04. The first-order valence-electron chi connectivity index (χ1n) is 3.26. The zero-order chi connectivity index (χ0) is 6.85. The molecule has 0 saturated heterocycles. The summed E-state index contributed by atoms with van der Waals surface area (Å²) in [4.78, 5) is 10.8. The zero-order valence-corrected chi connectivity index (χ0v) is 5.81. The van der Waals surface area contributed by atoms with Crippen LogP contribution in [0.5, 0.6) is 0 Å². The Hall–Kier alpha value is -0.530. The average Bonchev–Trinajstić information content (AvgIpc) is 2.40. The number of ether oxygens (including phenoxy) is 1. The summed E-state index contributed by atoms with van der Waals surface area (Å²) in [5.41, 5.74) is 0. The van der Waals surface area contributed by atoms with Gasteiger partial charge in [-0.05, 0) is 26.7 Å². The minimum absolute atomic E-state index is 0.0330. The van der Waals surface area contributed by atoms with Crippen LogP contribution in [0.25, 0.3) is 0 Å². The molecule has 0 amide bonds. The molecule has 0 atom stereocenters. The van der Waals surface area contributed by atoms with Crippen LogP contribution in [-0.4, -0.2) is 12.1 Å². The minimum Gasteiger partial charge on any atom is -0.463 e. The van der Waals surface area contributed by atoms with Gasteiger partial charge < -0.3 is 4.74 Å². The highest BCUT2D eigenvalue weighted by Gasteiger charge is 2.32. The van der Waals surface area contributed by atoms with Crippen LogP contribution in [0.3, 0.4) is 0 Å². The minimum atomic E-state index is -0.0926. The molecule has 9 heavy (non-hydrogen) atoms. The highest BCUT2D eigenvalue weighted by atomic mass is 16.5. The van der Waals surface area contributed by atoms with E-state index in [1.165, 1.54) is 0 Å². The monoisotopic (exact) mass is 127 g/mol. The van der Waals surface area contributed by atoms with E-state index in [2.05, 4.69) is 0 Å². The Morgan fingerprint density at radius 2 is 2.11 bits per heavy atom. The summed E-state index contributed by atoms with van der Waals surface area (Å²) in [6, 6.07) is 0. The highest BCUT2D eigenvalue weighted by Crippen LogP contribution is 2.33. The van der Waals surface area contributed by atoms with Crippen molar-refractivity contribution in [2.45, 2.75) is 32.8 Å². The number of hydrogen-bond acceptors (Lipinski definition) is 2. The number of carbonyl (C=O) groups is 1. The first-order valence-corrected chi connectivity index (χ1v) is 3.26. The molecule has 2 nitrogen and oxygen atoms in total. The molecular formula is C7H11O2. The fourth-order valence-electron chi connectivity index (χ4n) is 0.564. The molecule has 1 fully saturated rings. The Labute approximate surface area is 55.2 Å². The molecule has 1 rings (SSSR count). The molecule has 2 heteroatoms. The lowest BCUT2D eigenvalue weighted by molar-refractivity contribution is -0.143. The fourth-order valence-corrected chi connectivity index (χ4v) is 0.564. The van der Waals surface area contributed by atoms with Gasteiger partial charge in [-0.3, -0.25) is 4.79 Å². The van der Waals surface area contributed by atoms with Gasteiger partial charge in [-0.15, -0.1) is 0 Å². The molecule has 1 saturated carbocycles. The summed E-state index contributed by atoms with van der Waals surface area (Å²) < 4.78 is 4.90. The van der Waals surface area contributed by atoms with E-state index in [1.54, 1.807) is 0 Å². The third-order valence-electron chi connectivity index (χ3n) is 1.13. The summed E-state index contributed by atoms with van der Waals surface area (Å²) in [5, 5.41) is 0. The Morgan fingerprint density at radius 1 is 1.56 bits per heavy atom. The van der Waals surface area contributed by atoms with Crippen molar-refractivity contribution in [1.82, 2.24) is 0 Å². The lowest BCUT2D eigenvalue weighted by Gasteiger charge is -2.04. The van der Waals surface area contributed by atoms with Crippen molar-refractivity contribution in [1.29, 1.82) is 0 Å². The van der Waals surface area contributed by atoms with Gasteiger partial charge in [-0.25, -0.2) is 0 Å². The van der Waals surface area contributed by atoms with Crippen LogP contribution < -0.4 is 0 Å². The van der Waals surface area contributed by atoms with Gasteiger partial charge in [0.15, 0.2) is 0 Å². The van der Waals surface area contributed by atoms with Crippen molar-refractivity contribution in [3.63, 3.8) is 0 Å². The molecule has 0 aromatic rings. The Balaban J connectivity index is 2.18. The average molecular weight is 127 g/mol. The predicted molar refractivity (Wildman–Crippen MR) is 33.7 cm³/mol. The van der Waals surface area contributed by atoms with Crippen LogP contribution in [0.4, 0.5) is 0 Å². The second kappa shape index (κ2) is 2.38. The van der Waals surface area contributed by atoms with Gasteiger partial charge in [-0.2, -0.15) is 0 Å². The molecule has 0 aliphatic heterocycles. The molecule has 0 heterocycles. The van der Waals surface area contributed by atoms with Crippen molar-refractivity contribution in [3.8, 4) is 0 Å². The molecule has 0 aromatic heterocycles. The fraction of sp³-hybridized carbons (Fsp3) is 0.714. The van der Waals surface area contributed by atoms with E-state index in [0.29, 0.717) is 0 Å². The van der Waals surface area contributed by atoms with Crippen LogP contribution in [0.15, 0.2) is 0 Å². The van der Waals surface area contributed by atoms with Gasteiger partial charge in [0.2, 0.25) is 0 Å². The van der Waals surface area contributed by atoms with E-state index < -0.39 is 0 Å². The van der Waals surface area contributed by atoms with Gasteiger partial charge in [0, 0.05) is 0 Å². The lowest BCUT2D eigenvalue weighted by atomic mass is 10.4. The molecule has 0 aromatic carbocycles. The summed E-state index contributed by atoms with van der Waals surface area (Å²) in [5.74, 6) is 0.855. The number of rotatable bonds is 2. The van der Waals surface area contributed by atoms with Gasteiger partial charge in [0.05, 0.1) is 12.0 Å². The largest absolute Gasteiger partial charge is 0.463 e. The second-order valence-electron chi connectivity index (χ2n) is 2.56. The Kier molecular flexibility index (Phi) is 1.74. The standard InChI is InChI=1S/C7H11O2/c1-5(2)9-7(8)6-3-4-6/h5H,3-4H2,1-2H3. The van der Waals surface area contributed by atoms with Crippen molar-refractivity contribution in [3.05, 3.63) is 5.92 Å². The number of esters is 1. The molecule has 0 unspecified atom stereocenters. The van der Waals surface area contributed by atoms with E-state index in [0.717, 1.165) is 18.8 Å². The van der Waals surface area contributed by atoms with Gasteiger partial charge >= 0.3 is 5.97 Å². The van der Waals surface area contributed by atoms with E-state index in [9.17, 15) is 4.79 Å². The van der Waals surface area contributed by atoms with Crippen LogP contribution in [0.2, 0.25) is 0 Å². The van der Waals surface area contributed by atoms with Crippen LogP contribution >= 0.6 is 0 Å². The van der Waals surface area contributed by atoms with Crippen LogP contribution in [0.1, 0.15) is 26.7 Å². The molecule has 1 aliphatic rings. The normalized spacial score (nSPS) is 18.1. The number of carbonyl (C=O) groups excluding carboxylic acids is 1. The van der Waals surface area contributed by atoms with Crippen LogP contribution in [-0.2, 0) is 9.53 Å². The molecule has 1 radical (unpaired) electrons. The molecule has 0 bridgehead atoms. The molecule has 1 aliphatic carbocycles. The smallest absolute Gasteiger partial charge is 0.313 e. The van der Waals surface area contributed by atoms with Gasteiger partial charge in [0.25, 0.3) is 0 Å². The molecule has 0 spiro atoms. The SMILES string of the molecule is CC(C)OC(=O)[C]1CC1. The zero-order valence-electron chi connectivity index (χ0n) is 5.81. The first-order chi connectivity index (χ1) is 4.20. The summed E-state index contributed by atoms with van der Waals surface area (Å²) in [7, 11) is 0. The molecular weight excluding hydrogens is 116 g/mol. The quantitative estimate of drug-likeness (QED) is 0.523. The Morgan fingerprint density at radius 3 is 2.44 bits per heavy atom. The predicted octanol–water partition coefficient (Wildman–Crippen LogP) is 1.31. The van der Waals surface area contributed by atoms with Crippen LogP contribution in [0, 0.1) is 5.92 Å². The highest BCUT2D eigenvalue weighted by molar-refractivity contribution is 5.88. The van der Waals surface area contributed by atoms with E-state index in [1.807, 2.05) is 13.8 Å². The topological polar surface area (TPSA) is 26.3 Å². The number of hydrogen-bond donors (Lipinski definition) is 0. The third-order valence-corrected chi connectivity index (χ3v) is 1.13. The Bertz CT molecular complexity index is 114.